The van der Waals surface area contributed by atoms with E-state index in [-0.39, 0.29) is 16.0 Å². The summed E-state index contributed by atoms with van der Waals surface area (Å²) in [7, 11) is 0. The molecule has 1 aromatic carbocycles. The number of nitrogens with zero attached hydrogens (tertiary/aromatic N) is 2. The quantitative estimate of drug-likeness (QED) is 0.877. The van der Waals surface area contributed by atoms with Gasteiger partial charge in [-0.1, -0.05) is 15.9 Å². The van der Waals surface area contributed by atoms with E-state index < -0.39 is 23.3 Å². The van der Waals surface area contributed by atoms with E-state index in [1.807, 2.05) is 0 Å². The number of carbonyl (C=O) groups excluding carboxylic acids is 1. The number of ether oxygens (including phenoxy) is 1. The maximum Gasteiger partial charge on any atom is 0.272 e. The Morgan fingerprint density at radius 2 is 1.95 bits per heavy atom. The molecule has 0 aliphatic rings. The maximum atomic E-state index is 13.5. The molecule has 0 radical (unpaired) electrons. The highest BCUT2D eigenvalue weighted by Gasteiger charge is 2.17. The van der Waals surface area contributed by atoms with Crippen molar-refractivity contribution >= 4 is 21.8 Å². The Labute approximate surface area is 114 Å². The minimum Gasteiger partial charge on any atom is -0.434 e. The zero-order valence-electron chi connectivity index (χ0n) is 9.23. The van der Waals surface area contributed by atoms with Gasteiger partial charge in [0.15, 0.2) is 17.3 Å². The Bertz CT molecular complexity index is 652. The normalized spacial score (nSPS) is 10.3. The second-order valence-corrected chi connectivity index (χ2v) is 4.29. The van der Waals surface area contributed by atoms with Crippen LogP contribution in [0.5, 0.6) is 11.6 Å². The zero-order chi connectivity index (χ0) is 14.0. The summed E-state index contributed by atoms with van der Waals surface area (Å²) < 4.78 is 32.0. The summed E-state index contributed by atoms with van der Waals surface area (Å²) in [6, 6.07) is 2.13. The average molecular weight is 330 g/mol. The van der Waals surface area contributed by atoms with Crippen LogP contribution in [0, 0.1) is 11.6 Å². The van der Waals surface area contributed by atoms with Crippen molar-refractivity contribution in [2.24, 2.45) is 5.73 Å². The molecule has 0 saturated heterocycles. The molecule has 2 aromatic rings. The van der Waals surface area contributed by atoms with Crippen LogP contribution in [-0.2, 0) is 0 Å². The molecular formula is C11H6BrF2N3O2. The first-order valence-electron chi connectivity index (χ1n) is 4.92. The van der Waals surface area contributed by atoms with Gasteiger partial charge in [-0.25, -0.2) is 14.4 Å². The molecule has 0 saturated carbocycles. The second-order valence-electron chi connectivity index (χ2n) is 3.38. The monoisotopic (exact) mass is 329 g/mol. The summed E-state index contributed by atoms with van der Waals surface area (Å²) >= 11 is 2.99. The summed E-state index contributed by atoms with van der Waals surface area (Å²) in [6.45, 7) is 0. The molecule has 0 unspecified atom stereocenters. The fourth-order valence-electron chi connectivity index (χ4n) is 1.28. The number of aromatic nitrogens is 2. The van der Waals surface area contributed by atoms with Gasteiger partial charge in [0.25, 0.3) is 11.8 Å². The number of nitrogens with two attached hydrogens (primary N) is 1. The molecule has 8 heteroatoms. The van der Waals surface area contributed by atoms with Crippen LogP contribution in [0.15, 0.2) is 29.0 Å². The van der Waals surface area contributed by atoms with Crippen molar-refractivity contribution in [2.75, 3.05) is 0 Å². The van der Waals surface area contributed by atoms with Crippen LogP contribution in [0.4, 0.5) is 8.78 Å². The largest absolute Gasteiger partial charge is 0.434 e. The lowest BCUT2D eigenvalue weighted by Crippen LogP contribution is -2.15. The molecule has 98 valence electrons. The third kappa shape index (κ3) is 2.84. The van der Waals surface area contributed by atoms with Crippen LogP contribution in [0.2, 0.25) is 0 Å². The molecule has 2 rings (SSSR count). The first-order valence-corrected chi connectivity index (χ1v) is 5.71. The Morgan fingerprint density at radius 1 is 1.26 bits per heavy atom. The van der Waals surface area contributed by atoms with Gasteiger partial charge in [-0.3, -0.25) is 4.79 Å². The van der Waals surface area contributed by atoms with Crippen LogP contribution < -0.4 is 10.5 Å². The van der Waals surface area contributed by atoms with Gasteiger partial charge in [0.1, 0.15) is 0 Å². The first kappa shape index (κ1) is 13.3. The Kier molecular flexibility index (Phi) is 3.70. The summed E-state index contributed by atoms with van der Waals surface area (Å²) in [5.74, 6) is -3.93. The van der Waals surface area contributed by atoms with Gasteiger partial charge in [0.05, 0.1) is 0 Å². The van der Waals surface area contributed by atoms with Crippen molar-refractivity contribution in [3.63, 3.8) is 0 Å². The Morgan fingerprint density at radius 3 is 2.63 bits per heavy atom. The molecule has 0 bridgehead atoms. The predicted molar refractivity (Wildman–Crippen MR) is 64.7 cm³/mol. The van der Waals surface area contributed by atoms with Crippen molar-refractivity contribution in [1.29, 1.82) is 0 Å². The van der Waals surface area contributed by atoms with E-state index in [0.29, 0.717) is 0 Å². The fraction of sp³-hybridized carbons (Fsp3) is 0. The van der Waals surface area contributed by atoms with Gasteiger partial charge >= 0.3 is 0 Å². The molecular weight excluding hydrogens is 324 g/mol. The highest BCUT2D eigenvalue weighted by molar-refractivity contribution is 9.10. The first-order chi connectivity index (χ1) is 8.99. The Balaban J connectivity index is 2.45. The van der Waals surface area contributed by atoms with E-state index in [2.05, 4.69) is 25.9 Å². The highest BCUT2D eigenvalue weighted by Crippen LogP contribution is 2.29. The number of hydrogen-bond donors (Lipinski definition) is 1. The van der Waals surface area contributed by atoms with Crippen molar-refractivity contribution < 1.29 is 18.3 Å². The van der Waals surface area contributed by atoms with Gasteiger partial charge in [0.2, 0.25) is 5.82 Å². The maximum absolute atomic E-state index is 13.5. The lowest BCUT2D eigenvalue weighted by molar-refractivity contribution is 0.0992. The number of primary amides is 1. The van der Waals surface area contributed by atoms with Gasteiger partial charge in [-0.05, 0) is 12.1 Å². The molecule has 5 nitrogen and oxygen atoms in total. The SMILES string of the molecule is NC(=O)c1nccnc1Oc1cc(Br)cc(F)c1F. The van der Waals surface area contributed by atoms with Crippen molar-refractivity contribution in [3.8, 4) is 11.6 Å². The lowest BCUT2D eigenvalue weighted by atomic mass is 10.3. The summed E-state index contributed by atoms with van der Waals surface area (Å²) in [6.07, 6.45) is 2.46. The topological polar surface area (TPSA) is 78.1 Å². The van der Waals surface area contributed by atoms with E-state index in [4.69, 9.17) is 10.5 Å². The second kappa shape index (κ2) is 5.27. The molecule has 0 spiro atoms. The summed E-state index contributed by atoms with van der Waals surface area (Å²) in [4.78, 5) is 18.5. The molecule has 1 aromatic heterocycles. The van der Waals surface area contributed by atoms with Crippen molar-refractivity contribution in [3.05, 3.63) is 46.3 Å². The minimum atomic E-state index is -1.20. The van der Waals surface area contributed by atoms with Gasteiger partial charge in [-0.2, -0.15) is 4.39 Å². The lowest BCUT2D eigenvalue weighted by Gasteiger charge is -2.08. The number of rotatable bonds is 3. The molecule has 19 heavy (non-hydrogen) atoms. The molecule has 0 aliphatic carbocycles. The van der Waals surface area contributed by atoms with Crippen LogP contribution in [0.1, 0.15) is 10.5 Å². The van der Waals surface area contributed by atoms with Crippen molar-refractivity contribution in [1.82, 2.24) is 9.97 Å². The van der Waals surface area contributed by atoms with E-state index in [0.717, 1.165) is 6.07 Å². The molecule has 0 aliphatic heterocycles. The van der Waals surface area contributed by atoms with Crippen molar-refractivity contribution in [2.45, 2.75) is 0 Å². The number of amides is 1. The van der Waals surface area contributed by atoms with E-state index in [1.54, 1.807) is 0 Å². The molecule has 0 atom stereocenters. The highest BCUT2D eigenvalue weighted by atomic mass is 79.9. The Hall–Kier alpha value is -2.09. The van der Waals surface area contributed by atoms with E-state index >= 15 is 0 Å². The van der Waals surface area contributed by atoms with E-state index in [1.165, 1.54) is 18.5 Å². The predicted octanol–water partition coefficient (Wildman–Crippen LogP) is 2.41. The van der Waals surface area contributed by atoms with Crippen LogP contribution in [0.3, 0.4) is 0 Å². The van der Waals surface area contributed by atoms with E-state index in [9.17, 15) is 13.6 Å². The fourth-order valence-corrected chi connectivity index (χ4v) is 1.69. The number of benzene rings is 1. The van der Waals surface area contributed by atoms with Crippen LogP contribution in [0.25, 0.3) is 0 Å². The standard InChI is InChI=1S/C11H6BrF2N3O2/c12-5-3-6(13)8(14)7(4-5)19-11-9(10(15)18)16-1-2-17-11/h1-4H,(H2,15,18). The van der Waals surface area contributed by atoms with Gasteiger partial charge < -0.3 is 10.5 Å². The molecule has 2 N–H and O–H groups in total. The van der Waals surface area contributed by atoms with Crippen LogP contribution >= 0.6 is 15.9 Å². The molecule has 1 amide bonds. The van der Waals surface area contributed by atoms with Gasteiger partial charge in [0, 0.05) is 16.9 Å². The number of halogens is 3. The molecule has 0 fully saturated rings. The third-order valence-corrected chi connectivity index (χ3v) is 2.52. The van der Waals surface area contributed by atoms with Crippen LogP contribution in [-0.4, -0.2) is 15.9 Å². The number of hydrogen-bond acceptors (Lipinski definition) is 4. The third-order valence-electron chi connectivity index (χ3n) is 2.06. The summed E-state index contributed by atoms with van der Waals surface area (Å²) in [5.41, 5.74) is 4.79. The zero-order valence-corrected chi connectivity index (χ0v) is 10.8. The smallest absolute Gasteiger partial charge is 0.272 e. The average Bonchev–Trinajstić information content (AvgIpc) is 2.35. The van der Waals surface area contributed by atoms with Gasteiger partial charge in [-0.15, -0.1) is 0 Å². The summed E-state index contributed by atoms with van der Waals surface area (Å²) in [5, 5.41) is 0. The number of carbonyl (C=O) groups is 1. The molecule has 1 heterocycles. The minimum absolute atomic E-state index is 0.269.